The van der Waals surface area contributed by atoms with Gasteiger partial charge >= 0.3 is 0 Å². The minimum absolute atomic E-state index is 0.341. The first-order chi connectivity index (χ1) is 9.54. The molecule has 2 rings (SSSR count). The fourth-order valence-corrected chi connectivity index (χ4v) is 2.23. The maximum absolute atomic E-state index is 9.50. The van der Waals surface area contributed by atoms with E-state index in [0.29, 0.717) is 11.7 Å². The lowest BCUT2D eigenvalue weighted by Crippen LogP contribution is -2.00. The van der Waals surface area contributed by atoms with Crippen molar-refractivity contribution < 1.29 is 5.11 Å². The topological polar surface area (TPSA) is 32.3 Å². The molecule has 2 heteroatoms. The van der Waals surface area contributed by atoms with Crippen LogP contribution in [0.2, 0.25) is 0 Å². The van der Waals surface area contributed by atoms with Gasteiger partial charge in [-0.3, -0.25) is 0 Å². The van der Waals surface area contributed by atoms with Crippen LogP contribution in [0.25, 0.3) is 0 Å². The van der Waals surface area contributed by atoms with Crippen LogP contribution < -0.4 is 5.32 Å². The summed E-state index contributed by atoms with van der Waals surface area (Å²) < 4.78 is 0. The first-order valence-corrected chi connectivity index (χ1v) is 7.16. The molecule has 0 aliphatic carbocycles. The van der Waals surface area contributed by atoms with Crippen molar-refractivity contribution in [2.75, 3.05) is 5.32 Å². The Balaban J connectivity index is 1.95. The molecule has 2 N–H and O–H groups in total. The summed E-state index contributed by atoms with van der Waals surface area (Å²) >= 11 is 0. The molecule has 0 saturated carbocycles. The Morgan fingerprint density at radius 3 is 2.25 bits per heavy atom. The van der Waals surface area contributed by atoms with Crippen LogP contribution in [0.15, 0.2) is 42.5 Å². The predicted molar refractivity (Wildman–Crippen MR) is 85.2 cm³/mol. The standard InChI is InChI=1S/C18H23NO/c1-13(2)10-15-4-6-16(7-5-15)12-19-17-8-9-18(20)14(3)11-17/h4-9,11,13,19-20H,10,12H2,1-3H3. The number of hydrogen-bond acceptors (Lipinski definition) is 2. The molecule has 0 radical (unpaired) electrons. The van der Waals surface area contributed by atoms with Gasteiger partial charge in [0, 0.05) is 12.2 Å². The van der Waals surface area contributed by atoms with E-state index in [9.17, 15) is 5.11 Å². The molecule has 0 atom stereocenters. The largest absolute Gasteiger partial charge is 0.508 e. The molecule has 2 aromatic carbocycles. The molecule has 0 aliphatic heterocycles. The van der Waals surface area contributed by atoms with Gasteiger partial charge in [0.25, 0.3) is 0 Å². The fraction of sp³-hybridized carbons (Fsp3) is 0.333. The highest BCUT2D eigenvalue weighted by atomic mass is 16.3. The van der Waals surface area contributed by atoms with E-state index in [-0.39, 0.29) is 0 Å². The van der Waals surface area contributed by atoms with Crippen LogP contribution in [0.5, 0.6) is 5.75 Å². The van der Waals surface area contributed by atoms with E-state index in [2.05, 4.69) is 43.4 Å². The highest BCUT2D eigenvalue weighted by Gasteiger charge is 2.00. The van der Waals surface area contributed by atoms with Crippen LogP contribution in [0, 0.1) is 12.8 Å². The van der Waals surface area contributed by atoms with Gasteiger partial charge in [-0.2, -0.15) is 0 Å². The SMILES string of the molecule is Cc1cc(NCc2ccc(CC(C)C)cc2)ccc1O. The lowest BCUT2D eigenvalue weighted by molar-refractivity contribution is 0.471. The Kier molecular flexibility index (Phi) is 4.67. The summed E-state index contributed by atoms with van der Waals surface area (Å²) in [5, 5.41) is 12.9. The molecule has 0 saturated heterocycles. The smallest absolute Gasteiger partial charge is 0.118 e. The van der Waals surface area contributed by atoms with E-state index in [4.69, 9.17) is 0 Å². The van der Waals surface area contributed by atoms with Crippen molar-refractivity contribution in [1.29, 1.82) is 0 Å². The summed E-state index contributed by atoms with van der Waals surface area (Å²) in [6.45, 7) is 7.18. The number of benzene rings is 2. The van der Waals surface area contributed by atoms with Crippen LogP contribution in [0.1, 0.15) is 30.5 Å². The second-order valence-corrected chi connectivity index (χ2v) is 5.77. The first-order valence-electron chi connectivity index (χ1n) is 7.16. The number of aryl methyl sites for hydroxylation is 1. The Morgan fingerprint density at radius 1 is 1.00 bits per heavy atom. The number of hydrogen-bond donors (Lipinski definition) is 2. The van der Waals surface area contributed by atoms with Crippen molar-refractivity contribution in [3.63, 3.8) is 0 Å². The highest BCUT2D eigenvalue weighted by molar-refractivity contribution is 5.50. The van der Waals surface area contributed by atoms with Gasteiger partial charge in [0.1, 0.15) is 5.75 Å². The molecule has 2 aromatic rings. The van der Waals surface area contributed by atoms with Crippen LogP contribution in [-0.2, 0) is 13.0 Å². The summed E-state index contributed by atoms with van der Waals surface area (Å²) in [6, 6.07) is 14.4. The van der Waals surface area contributed by atoms with Crippen LogP contribution in [0.3, 0.4) is 0 Å². The van der Waals surface area contributed by atoms with Crippen molar-refractivity contribution in [2.45, 2.75) is 33.7 Å². The van der Waals surface area contributed by atoms with E-state index in [0.717, 1.165) is 24.2 Å². The number of nitrogens with one attached hydrogen (secondary N) is 1. The molecule has 0 aromatic heterocycles. The van der Waals surface area contributed by atoms with Gasteiger partial charge in [0.15, 0.2) is 0 Å². The summed E-state index contributed by atoms with van der Waals surface area (Å²) in [5.74, 6) is 1.03. The summed E-state index contributed by atoms with van der Waals surface area (Å²) in [6.07, 6.45) is 1.13. The molecular formula is C18H23NO. The van der Waals surface area contributed by atoms with Crippen molar-refractivity contribution in [2.24, 2.45) is 5.92 Å². The Labute approximate surface area is 121 Å². The van der Waals surface area contributed by atoms with E-state index >= 15 is 0 Å². The molecule has 0 bridgehead atoms. The molecule has 20 heavy (non-hydrogen) atoms. The molecule has 0 heterocycles. The van der Waals surface area contributed by atoms with Gasteiger partial charge in [0.05, 0.1) is 0 Å². The van der Waals surface area contributed by atoms with Gasteiger partial charge in [-0.05, 0) is 54.2 Å². The predicted octanol–water partition coefficient (Wildman–Crippen LogP) is 4.51. The zero-order valence-corrected chi connectivity index (χ0v) is 12.5. The van der Waals surface area contributed by atoms with E-state index in [1.165, 1.54) is 11.1 Å². The Morgan fingerprint density at radius 2 is 1.65 bits per heavy atom. The minimum atomic E-state index is 0.341. The van der Waals surface area contributed by atoms with Crippen LogP contribution in [-0.4, -0.2) is 5.11 Å². The van der Waals surface area contributed by atoms with E-state index in [1.807, 2.05) is 19.1 Å². The summed E-state index contributed by atoms with van der Waals surface area (Å²) in [5.41, 5.74) is 4.58. The second kappa shape index (κ2) is 6.47. The number of rotatable bonds is 5. The molecule has 106 valence electrons. The van der Waals surface area contributed by atoms with Crippen molar-refractivity contribution in [3.8, 4) is 5.75 Å². The monoisotopic (exact) mass is 269 g/mol. The molecule has 0 unspecified atom stereocenters. The van der Waals surface area contributed by atoms with Crippen molar-refractivity contribution in [1.82, 2.24) is 0 Å². The van der Waals surface area contributed by atoms with Crippen molar-refractivity contribution >= 4 is 5.69 Å². The number of anilines is 1. The third-order valence-corrected chi connectivity index (χ3v) is 3.36. The Hall–Kier alpha value is -1.96. The molecular weight excluding hydrogens is 246 g/mol. The zero-order chi connectivity index (χ0) is 14.5. The molecule has 0 amide bonds. The number of phenols is 1. The van der Waals surface area contributed by atoms with Crippen LogP contribution >= 0.6 is 0 Å². The van der Waals surface area contributed by atoms with Gasteiger partial charge in [0.2, 0.25) is 0 Å². The molecule has 0 fully saturated rings. The third-order valence-electron chi connectivity index (χ3n) is 3.36. The highest BCUT2D eigenvalue weighted by Crippen LogP contribution is 2.20. The lowest BCUT2D eigenvalue weighted by atomic mass is 10.0. The summed E-state index contributed by atoms with van der Waals surface area (Å²) in [4.78, 5) is 0. The van der Waals surface area contributed by atoms with Gasteiger partial charge < -0.3 is 10.4 Å². The van der Waals surface area contributed by atoms with Crippen molar-refractivity contribution in [3.05, 3.63) is 59.2 Å². The quantitative estimate of drug-likeness (QED) is 0.783. The zero-order valence-electron chi connectivity index (χ0n) is 12.5. The van der Waals surface area contributed by atoms with Gasteiger partial charge in [-0.25, -0.2) is 0 Å². The number of phenolic OH excluding ortho intramolecular Hbond substituents is 1. The summed E-state index contributed by atoms with van der Waals surface area (Å²) in [7, 11) is 0. The van der Waals surface area contributed by atoms with Gasteiger partial charge in [-0.1, -0.05) is 38.1 Å². The maximum Gasteiger partial charge on any atom is 0.118 e. The average Bonchev–Trinajstić information content (AvgIpc) is 2.41. The molecule has 0 aliphatic rings. The second-order valence-electron chi connectivity index (χ2n) is 5.77. The average molecular weight is 269 g/mol. The maximum atomic E-state index is 9.50. The van der Waals surface area contributed by atoms with E-state index < -0.39 is 0 Å². The third kappa shape index (κ3) is 4.02. The normalized spacial score (nSPS) is 10.8. The minimum Gasteiger partial charge on any atom is -0.508 e. The first kappa shape index (κ1) is 14.4. The molecule has 2 nitrogen and oxygen atoms in total. The Bertz CT molecular complexity index is 558. The van der Waals surface area contributed by atoms with Crippen LogP contribution in [0.4, 0.5) is 5.69 Å². The fourth-order valence-electron chi connectivity index (χ4n) is 2.23. The van der Waals surface area contributed by atoms with Gasteiger partial charge in [-0.15, -0.1) is 0 Å². The molecule has 0 spiro atoms. The number of aromatic hydroxyl groups is 1. The van der Waals surface area contributed by atoms with E-state index in [1.54, 1.807) is 6.07 Å². The lowest BCUT2D eigenvalue weighted by Gasteiger charge is -2.10.